The SMILES string of the molecule is CC1CN(Cc2ccccc2)CCCN1c1cc(-c2ccccc2)nc2ncnn12. The Morgan fingerprint density at radius 1 is 0.967 bits per heavy atom. The van der Waals surface area contributed by atoms with Gasteiger partial charge in [-0.2, -0.15) is 14.6 Å². The number of benzene rings is 2. The van der Waals surface area contributed by atoms with Crippen molar-refractivity contribution in [2.45, 2.75) is 25.9 Å². The third kappa shape index (κ3) is 3.78. The van der Waals surface area contributed by atoms with Crippen LogP contribution in [0.15, 0.2) is 73.1 Å². The Morgan fingerprint density at radius 2 is 1.73 bits per heavy atom. The second kappa shape index (κ2) is 8.24. The smallest absolute Gasteiger partial charge is 0.254 e. The van der Waals surface area contributed by atoms with Gasteiger partial charge in [0, 0.05) is 43.9 Å². The first-order valence-electron chi connectivity index (χ1n) is 10.6. The molecule has 0 radical (unpaired) electrons. The molecule has 6 nitrogen and oxygen atoms in total. The molecule has 3 heterocycles. The minimum Gasteiger partial charge on any atom is -0.352 e. The van der Waals surface area contributed by atoms with Gasteiger partial charge in [0.05, 0.1) is 5.69 Å². The van der Waals surface area contributed by atoms with Crippen LogP contribution in [0.1, 0.15) is 18.9 Å². The molecule has 0 amide bonds. The summed E-state index contributed by atoms with van der Waals surface area (Å²) in [5, 5.41) is 4.47. The van der Waals surface area contributed by atoms with Crippen molar-refractivity contribution in [2.75, 3.05) is 24.5 Å². The van der Waals surface area contributed by atoms with Crippen molar-refractivity contribution in [1.29, 1.82) is 0 Å². The zero-order chi connectivity index (χ0) is 20.3. The van der Waals surface area contributed by atoms with Gasteiger partial charge in [-0.3, -0.25) is 4.90 Å². The van der Waals surface area contributed by atoms with Crippen LogP contribution in [0.2, 0.25) is 0 Å². The van der Waals surface area contributed by atoms with E-state index < -0.39 is 0 Å². The van der Waals surface area contributed by atoms with Crippen molar-refractivity contribution in [1.82, 2.24) is 24.5 Å². The maximum absolute atomic E-state index is 4.73. The molecule has 4 aromatic rings. The Hall–Kier alpha value is -3.25. The van der Waals surface area contributed by atoms with Crippen LogP contribution in [-0.2, 0) is 6.54 Å². The standard InChI is InChI=1S/C24H26N6/c1-19-16-28(17-20-9-4-2-5-10-20)13-8-14-29(19)23-15-22(21-11-6-3-7-12-21)27-24-25-18-26-30(23)24/h2-7,9-12,15,18-19H,8,13-14,16-17H2,1H3. The number of nitrogens with zero attached hydrogens (tertiary/aromatic N) is 6. The molecular weight excluding hydrogens is 372 g/mol. The second-order valence-corrected chi connectivity index (χ2v) is 7.95. The number of aromatic nitrogens is 4. The van der Waals surface area contributed by atoms with Crippen LogP contribution in [-0.4, -0.2) is 50.2 Å². The highest BCUT2D eigenvalue weighted by Crippen LogP contribution is 2.26. The first kappa shape index (κ1) is 18.8. The van der Waals surface area contributed by atoms with Crippen LogP contribution in [0.4, 0.5) is 5.82 Å². The van der Waals surface area contributed by atoms with E-state index in [0.29, 0.717) is 11.8 Å². The van der Waals surface area contributed by atoms with Crippen LogP contribution < -0.4 is 4.90 Å². The van der Waals surface area contributed by atoms with Gasteiger partial charge < -0.3 is 4.90 Å². The topological polar surface area (TPSA) is 49.6 Å². The molecule has 1 saturated heterocycles. The molecule has 0 bridgehead atoms. The van der Waals surface area contributed by atoms with E-state index in [1.54, 1.807) is 6.33 Å². The lowest BCUT2D eigenvalue weighted by molar-refractivity contribution is 0.268. The summed E-state index contributed by atoms with van der Waals surface area (Å²) in [6.07, 6.45) is 2.70. The van der Waals surface area contributed by atoms with Gasteiger partial charge in [-0.05, 0) is 18.9 Å². The van der Waals surface area contributed by atoms with Crippen molar-refractivity contribution in [3.63, 3.8) is 0 Å². The van der Waals surface area contributed by atoms with Gasteiger partial charge in [-0.15, -0.1) is 0 Å². The fourth-order valence-electron chi connectivity index (χ4n) is 4.33. The first-order chi connectivity index (χ1) is 14.8. The van der Waals surface area contributed by atoms with Crippen molar-refractivity contribution in [3.05, 3.63) is 78.6 Å². The lowest BCUT2D eigenvalue weighted by Crippen LogP contribution is -2.40. The van der Waals surface area contributed by atoms with Crippen molar-refractivity contribution >= 4 is 11.6 Å². The maximum atomic E-state index is 4.73. The Labute approximate surface area is 176 Å². The lowest BCUT2D eigenvalue weighted by atomic mass is 10.1. The Kier molecular flexibility index (Phi) is 5.15. The third-order valence-corrected chi connectivity index (χ3v) is 5.77. The second-order valence-electron chi connectivity index (χ2n) is 7.95. The van der Waals surface area contributed by atoms with Gasteiger partial charge in [0.25, 0.3) is 5.78 Å². The number of rotatable bonds is 4. The average molecular weight is 399 g/mol. The summed E-state index contributed by atoms with van der Waals surface area (Å²) < 4.78 is 1.87. The summed E-state index contributed by atoms with van der Waals surface area (Å²) in [4.78, 5) is 14.1. The number of hydrogen-bond acceptors (Lipinski definition) is 5. The summed E-state index contributed by atoms with van der Waals surface area (Å²) in [5.41, 5.74) is 3.40. The number of hydrogen-bond donors (Lipinski definition) is 0. The Balaban J connectivity index is 1.45. The average Bonchev–Trinajstić information content (AvgIpc) is 3.18. The highest BCUT2D eigenvalue weighted by Gasteiger charge is 2.25. The molecule has 0 aliphatic carbocycles. The first-order valence-corrected chi connectivity index (χ1v) is 10.6. The maximum Gasteiger partial charge on any atom is 0.254 e. The quantitative estimate of drug-likeness (QED) is 0.522. The molecule has 1 aliphatic rings. The normalized spacial score (nSPS) is 17.9. The van der Waals surface area contributed by atoms with Gasteiger partial charge in [0.2, 0.25) is 0 Å². The molecule has 1 atom stereocenters. The van der Waals surface area contributed by atoms with Crippen molar-refractivity contribution in [3.8, 4) is 11.3 Å². The van der Waals surface area contributed by atoms with Crippen molar-refractivity contribution in [2.24, 2.45) is 0 Å². The molecule has 2 aromatic carbocycles. The van der Waals surface area contributed by atoms with Crippen LogP contribution >= 0.6 is 0 Å². The van der Waals surface area contributed by atoms with Gasteiger partial charge in [0.15, 0.2) is 0 Å². The van der Waals surface area contributed by atoms with E-state index in [4.69, 9.17) is 4.98 Å². The van der Waals surface area contributed by atoms with Gasteiger partial charge in [-0.25, -0.2) is 4.98 Å². The van der Waals surface area contributed by atoms with E-state index in [0.717, 1.165) is 49.7 Å². The van der Waals surface area contributed by atoms with Gasteiger partial charge in [0.1, 0.15) is 12.1 Å². The molecule has 5 rings (SSSR count). The highest BCUT2D eigenvalue weighted by atomic mass is 15.4. The van der Waals surface area contributed by atoms with E-state index in [2.05, 4.69) is 75.3 Å². The fraction of sp³-hybridized carbons (Fsp3) is 0.292. The van der Waals surface area contributed by atoms with Crippen molar-refractivity contribution < 1.29 is 0 Å². The molecule has 0 saturated carbocycles. The summed E-state index contributed by atoms with van der Waals surface area (Å²) in [6, 6.07) is 23.5. The van der Waals surface area contributed by atoms with E-state index >= 15 is 0 Å². The monoisotopic (exact) mass is 398 g/mol. The molecule has 1 aliphatic heterocycles. The predicted molar refractivity (Wildman–Crippen MR) is 119 cm³/mol. The highest BCUT2D eigenvalue weighted by molar-refractivity contribution is 5.66. The van der Waals surface area contributed by atoms with Crippen LogP contribution in [0.3, 0.4) is 0 Å². The van der Waals surface area contributed by atoms with E-state index in [9.17, 15) is 0 Å². The zero-order valence-corrected chi connectivity index (χ0v) is 17.2. The molecular formula is C24H26N6. The van der Waals surface area contributed by atoms with Gasteiger partial charge in [-0.1, -0.05) is 60.7 Å². The summed E-state index contributed by atoms with van der Waals surface area (Å²) in [7, 11) is 0. The van der Waals surface area contributed by atoms with Crippen LogP contribution in [0, 0.1) is 0 Å². The Morgan fingerprint density at radius 3 is 2.53 bits per heavy atom. The van der Waals surface area contributed by atoms with E-state index in [1.807, 2.05) is 22.7 Å². The third-order valence-electron chi connectivity index (χ3n) is 5.77. The van der Waals surface area contributed by atoms with E-state index in [1.165, 1.54) is 5.56 Å². The molecule has 1 fully saturated rings. The lowest BCUT2D eigenvalue weighted by Gasteiger charge is -2.31. The number of fused-ring (bicyclic) bond motifs is 1. The predicted octanol–water partition coefficient (Wildman–Crippen LogP) is 3.89. The van der Waals surface area contributed by atoms with Gasteiger partial charge >= 0.3 is 0 Å². The molecule has 30 heavy (non-hydrogen) atoms. The Bertz CT molecular complexity index is 1110. The molecule has 0 spiro atoms. The summed E-state index contributed by atoms with van der Waals surface area (Å²) in [5.74, 6) is 1.70. The largest absolute Gasteiger partial charge is 0.352 e. The minimum absolute atomic E-state index is 0.356. The molecule has 6 heteroatoms. The van der Waals surface area contributed by atoms with Crippen LogP contribution in [0.5, 0.6) is 0 Å². The summed E-state index contributed by atoms with van der Waals surface area (Å²) in [6.45, 7) is 6.37. The van der Waals surface area contributed by atoms with E-state index in [-0.39, 0.29) is 0 Å². The minimum atomic E-state index is 0.356. The van der Waals surface area contributed by atoms with Crippen LogP contribution in [0.25, 0.3) is 17.0 Å². The molecule has 1 unspecified atom stereocenters. The molecule has 152 valence electrons. The molecule has 2 aromatic heterocycles. The number of anilines is 1. The zero-order valence-electron chi connectivity index (χ0n) is 17.2. The molecule has 0 N–H and O–H groups in total. The fourth-order valence-corrected chi connectivity index (χ4v) is 4.33. The summed E-state index contributed by atoms with van der Waals surface area (Å²) >= 11 is 0.